The number of amides is 2. The van der Waals surface area contributed by atoms with Crippen molar-refractivity contribution in [3.05, 3.63) is 29.8 Å². The second-order valence-electron chi connectivity index (χ2n) is 5.05. The number of hydrogen-bond acceptors (Lipinski definition) is 2. The molecule has 2 rings (SSSR count). The minimum Gasteiger partial charge on any atom is -0.333 e. The average Bonchev–Trinajstić information content (AvgIpc) is 2.69. The van der Waals surface area contributed by atoms with Gasteiger partial charge in [0.15, 0.2) is 0 Å². The van der Waals surface area contributed by atoms with E-state index < -0.39 is 0 Å². The van der Waals surface area contributed by atoms with E-state index in [1.54, 1.807) is 17.0 Å². The molecule has 1 heterocycles. The largest absolute Gasteiger partial charge is 0.333 e. The number of nitriles is 1. The summed E-state index contributed by atoms with van der Waals surface area (Å²) in [5.41, 5.74) is 1.45. The maximum absolute atomic E-state index is 11.9. The Morgan fingerprint density at radius 3 is 2.67 bits per heavy atom. The van der Waals surface area contributed by atoms with Crippen LogP contribution in [0.4, 0.5) is 10.5 Å². The van der Waals surface area contributed by atoms with E-state index in [9.17, 15) is 4.79 Å². The third kappa shape index (κ3) is 2.62. The van der Waals surface area contributed by atoms with Gasteiger partial charge in [-0.15, -0.1) is 0 Å². The SMILES string of the molecule is CC(C)C[C@H]1CN(c2ccc(C#N)cc2)C(=O)N1. The quantitative estimate of drug-likeness (QED) is 0.886. The number of benzene rings is 1. The van der Waals surface area contributed by atoms with Gasteiger partial charge in [0.2, 0.25) is 0 Å². The molecule has 1 aliphatic heterocycles. The second-order valence-corrected chi connectivity index (χ2v) is 5.05. The molecule has 1 atom stereocenters. The van der Waals surface area contributed by atoms with Gasteiger partial charge in [0.05, 0.1) is 11.6 Å². The van der Waals surface area contributed by atoms with Crippen LogP contribution in [-0.2, 0) is 0 Å². The third-order valence-corrected chi connectivity index (χ3v) is 3.04. The summed E-state index contributed by atoms with van der Waals surface area (Å²) in [5.74, 6) is 0.566. The van der Waals surface area contributed by atoms with Crippen LogP contribution in [0.25, 0.3) is 0 Å². The number of hydrogen-bond donors (Lipinski definition) is 1. The fourth-order valence-electron chi connectivity index (χ4n) is 2.24. The minimum atomic E-state index is -0.0506. The fourth-order valence-corrected chi connectivity index (χ4v) is 2.24. The zero-order valence-corrected chi connectivity index (χ0v) is 10.7. The smallest absolute Gasteiger partial charge is 0.322 e. The van der Waals surface area contributed by atoms with Crippen LogP contribution in [0, 0.1) is 17.2 Å². The maximum atomic E-state index is 11.9. The lowest BCUT2D eigenvalue weighted by Crippen LogP contribution is -2.29. The van der Waals surface area contributed by atoms with Crippen LogP contribution in [0.5, 0.6) is 0 Å². The van der Waals surface area contributed by atoms with E-state index in [-0.39, 0.29) is 12.1 Å². The second kappa shape index (κ2) is 5.09. The predicted octanol–water partition coefficient (Wildman–Crippen LogP) is 2.50. The number of rotatable bonds is 3. The molecule has 0 bridgehead atoms. The van der Waals surface area contributed by atoms with E-state index in [1.165, 1.54) is 0 Å². The monoisotopic (exact) mass is 243 g/mol. The molecule has 94 valence electrons. The molecule has 4 nitrogen and oxygen atoms in total. The minimum absolute atomic E-state index is 0.0506. The predicted molar refractivity (Wildman–Crippen MR) is 70.3 cm³/mol. The first-order valence-electron chi connectivity index (χ1n) is 6.18. The van der Waals surface area contributed by atoms with Crippen molar-refractivity contribution in [3.8, 4) is 6.07 Å². The molecule has 0 spiro atoms. The molecule has 2 amide bonds. The van der Waals surface area contributed by atoms with Gasteiger partial charge in [-0.2, -0.15) is 5.26 Å². The van der Waals surface area contributed by atoms with Crippen molar-refractivity contribution < 1.29 is 4.79 Å². The van der Waals surface area contributed by atoms with Crippen LogP contribution in [-0.4, -0.2) is 18.6 Å². The Morgan fingerprint density at radius 1 is 1.44 bits per heavy atom. The van der Waals surface area contributed by atoms with Gasteiger partial charge in [0.25, 0.3) is 0 Å². The molecular weight excluding hydrogens is 226 g/mol. The summed E-state index contributed by atoms with van der Waals surface area (Å²) in [6, 6.07) is 9.34. The summed E-state index contributed by atoms with van der Waals surface area (Å²) in [6.45, 7) is 5.00. The van der Waals surface area contributed by atoms with Crippen LogP contribution in [0.1, 0.15) is 25.8 Å². The van der Waals surface area contributed by atoms with Gasteiger partial charge in [0.1, 0.15) is 0 Å². The highest BCUT2D eigenvalue weighted by Gasteiger charge is 2.29. The number of nitrogens with one attached hydrogen (secondary N) is 1. The van der Waals surface area contributed by atoms with E-state index in [0.717, 1.165) is 12.1 Å². The van der Waals surface area contributed by atoms with Crippen molar-refractivity contribution in [2.75, 3.05) is 11.4 Å². The van der Waals surface area contributed by atoms with Gasteiger partial charge in [-0.05, 0) is 36.6 Å². The van der Waals surface area contributed by atoms with E-state index in [2.05, 4.69) is 25.2 Å². The van der Waals surface area contributed by atoms with Crippen molar-refractivity contribution in [2.24, 2.45) is 5.92 Å². The summed E-state index contributed by atoms with van der Waals surface area (Å²) < 4.78 is 0. The molecule has 0 aliphatic carbocycles. The first-order chi connectivity index (χ1) is 8.60. The third-order valence-electron chi connectivity index (χ3n) is 3.04. The maximum Gasteiger partial charge on any atom is 0.322 e. The lowest BCUT2D eigenvalue weighted by molar-refractivity contribution is 0.250. The highest BCUT2D eigenvalue weighted by molar-refractivity contribution is 5.94. The van der Waals surface area contributed by atoms with E-state index >= 15 is 0 Å². The van der Waals surface area contributed by atoms with Crippen LogP contribution in [0.3, 0.4) is 0 Å². The van der Waals surface area contributed by atoms with E-state index in [1.807, 2.05) is 12.1 Å². The van der Waals surface area contributed by atoms with Crippen molar-refractivity contribution in [1.82, 2.24) is 5.32 Å². The van der Waals surface area contributed by atoms with Crippen molar-refractivity contribution in [2.45, 2.75) is 26.3 Å². The molecule has 4 heteroatoms. The Hall–Kier alpha value is -2.02. The highest BCUT2D eigenvalue weighted by Crippen LogP contribution is 2.21. The van der Waals surface area contributed by atoms with Crippen LogP contribution >= 0.6 is 0 Å². The number of urea groups is 1. The Bertz CT molecular complexity index is 473. The zero-order valence-electron chi connectivity index (χ0n) is 10.7. The number of carbonyl (C=O) groups excluding carboxylic acids is 1. The summed E-state index contributed by atoms with van der Waals surface area (Å²) in [6.07, 6.45) is 0.985. The average molecular weight is 243 g/mol. The van der Waals surface area contributed by atoms with E-state index in [0.29, 0.717) is 18.0 Å². The molecule has 18 heavy (non-hydrogen) atoms. The zero-order chi connectivity index (χ0) is 13.1. The molecule has 0 radical (unpaired) electrons. The van der Waals surface area contributed by atoms with Crippen LogP contribution in [0.2, 0.25) is 0 Å². The summed E-state index contributed by atoms with van der Waals surface area (Å²) in [5, 5.41) is 11.7. The topological polar surface area (TPSA) is 56.1 Å². The van der Waals surface area contributed by atoms with E-state index in [4.69, 9.17) is 5.26 Å². The molecule has 1 aliphatic rings. The van der Waals surface area contributed by atoms with Gasteiger partial charge < -0.3 is 5.32 Å². The van der Waals surface area contributed by atoms with Crippen LogP contribution < -0.4 is 10.2 Å². The Morgan fingerprint density at radius 2 is 2.11 bits per heavy atom. The normalized spacial score (nSPS) is 18.9. The van der Waals surface area contributed by atoms with Gasteiger partial charge in [0, 0.05) is 18.3 Å². The summed E-state index contributed by atoms with van der Waals surface area (Å²) >= 11 is 0. The number of carbonyl (C=O) groups is 1. The van der Waals surface area contributed by atoms with Crippen LogP contribution in [0.15, 0.2) is 24.3 Å². The molecule has 1 fully saturated rings. The first-order valence-corrected chi connectivity index (χ1v) is 6.18. The Balaban J connectivity index is 2.09. The molecule has 1 saturated heterocycles. The fraction of sp³-hybridized carbons (Fsp3) is 0.429. The van der Waals surface area contributed by atoms with Gasteiger partial charge in [-0.3, -0.25) is 4.90 Å². The first kappa shape index (κ1) is 12.4. The molecule has 1 aromatic rings. The number of nitrogens with zero attached hydrogens (tertiary/aromatic N) is 2. The van der Waals surface area contributed by atoms with Crippen molar-refractivity contribution in [3.63, 3.8) is 0 Å². The summed E-state index contributed by atoms with van der Waals surface area (Å²) in [4.78, 5) is 13.6. The molecular formula is C14H17N3O. The standard InChI is InChI=1S/C14H17N3O/c1-10(2)7-12-9-17(14(18)16-12)13-5-3-11(8-15)4-6-13/h3-6,10,12H,7,9H2,1-2H3,(H,16,18)/t12-/m0/s1. The van der Waals surface area contributed by atoms with Crippen molar-refractivity contribution in [1.29, 1.82) is 5.26 Å². The summed E-state index contributed by atoms with van der Waals surface area (Å²) in [7, 11) is 0. The highest BCUT2D eigenvalue weighted by atomic mass is 16.2. The molecule has 1 N–H and O–H groups in total. The lowest BCUT2D eigenvalue weighted by atomic mass is 10.0. The Labute approximate surface area is 107 Å². The molecule has 0 saturated carbocycles. The molecule has 0 aromatic heterocycles. The lowest BCUT2D eigenvalue weighted by Gasteiger charge is -2.15. The molecule has 0 unspecified atom stereocenters. The Kier molecular flexibility index (Phi) is 3.52. The number of anilines is 1. The van der Waals surface area contributed by atoms with Crippen molar-refractivity contribution >= 4 is 11.7 Å². The molecule has 1 aromatic carbocycles. The van der Waals surface area contributed by atoms with Gasteiger partial charge in [-0.1, -0.05) is 13.8 Å². The van der Waals surface area contributed by atoms with Gasteiger partial charge >= 0.3 is 6.03 Å². The van der Waals surface area contributed by atoms with Gasteiger partial charge in [-0.25, -0.2) is 4.79 Å².